The number of nitrogens with one attached hydrogen (secondary N) is 2. The average molecular weight is 399 g/mol. The summed E-state index contributed by atoms with van der Waals surface area (Å²) in [7, 11) is 0. The maximum atomic E-state index is 11.2. The van der Waals surface area contributed by atoms with E-state index in [0.29, 0.717) is 22.2 Å². The number of benzene rings is 1. The Balaban J connectivity index is 1.69. The van der Waals surface area contributed by atoms with E-state index in [1.54, 1.807) is 18.3 Å². The van der Waals surface area contributed by atoms with Gasteiger partial charge in [0.05, 0.1) is 16.3 Å². The molecule has 0 unspecified atom stereocenters. The summed E-state index contributed by atoms with van der Waals surface area (Å²) in [5.74, 6) is 0.314. The summed E-state index contributed by atoms with van der Waals surface area (Å²) in [5, 5.41) is 15.1. The summed E-state index contributed by atoms with van der Waals surface area (Å²) in [6.45, 7) is 5.42. The second-order valence-corrected chi connectivity index (χ2v) is 7.27. The second kappa shape index (κ2) is 8.79. The lowest BCUT2D eigenvalue weighted by molar-refractivity contribution is -0.253. The van der Waals surface area contributed by atoms with Crippen LogP contribution in [0.5, 0.6) is 0 Å². The van der Waals surface area contributed by atoms with Gasteiger partial charge in [0, 0.05) is 24.5 Å². The lowest BCUT2D eigenvalue weighted by Gasteiger charge is -2.14. The highest BCUT2D eigenvalue weighted by atomic mass is 32.1. The van der Waals surface area contributed by atoms with Crippen LogP contribution in [0.4, 0.5) is 11.4 Å². The predicted molar refractivity (Wildman–Crippen MR) is 111 cm³/mol. The van der Waals surface area contributed by atoms with Gasteiger partial charge in [0.2, 0.25) is 5.91 Å². The highest BCUT2D eigenvalue weighted by molar-refractivity contribution is 7.12. The molecule has 0 fully saturated rings. The Labute approximate surface area is 166 Å². The number of rotatable bonds is 7. The van der Waals surface area contributed by atoms with Crippen LogP contribution in [0.2, 0.25) is 0 Å². The van der Waals surface area contributed by atoms with Crippen LogP contribution in [0.3, 0.4) is 0 Å². The van der Waals surface area contributed by atoms with E-state index in [1.165, 1.54) is 18.3 Å². The van der Waals surface area contributed by atoms with Crippen LogP contribution in [0.1, 0.15) is 28.9 Å². The molecular formula is C19H21N5O3S. The topological polar surface area (TPSA) is 122 Å². The standard InChI is InChI=1S/C19H21N5O3S/c1-11(22-14-4-3-5-15(8-14)23-12(2)25)21-9-13-6-7-16-19(18(13)20)28-17(24-16)10-27-26/h3-5,8-9,22,26H,1,6-7,10,20H2,2H3,(H,23,25). The van der Waals surface area contributed by atoms with Crippen molar-refractivity contribution in [3.8, 4) is 0 Å². The number of allylic oxidation sites excluding steroid dienone is 1. The first-order valence-electron chi connectivity index (χ1n) is 8.58. The van der Waals surface area contributed by atoms with Crippen molar-refractivity contribution in [1.82, 2.24) is 4.98 Å². The number of aryl methyl sites for hydroxylation is 1. The van der Waals surface area contributed by atoms with Gasteiger partial charge in [-0.1, -0.05) is 12.6 Å². The van der Waals surface area contributed by atoms with E-state index in [9.17, 15) is 4.79 Å². The van der Waals surface area contributed by atoms with Crippen molar-refractivity contribution in [3.05, 3.63) is 57.8 Å². The Morgan fingerprint density at radius 3 is 2.89 bits per heavy atom. The number of fused-ring (bicyclic) bond motifs is 1. The first-order valence-corrected chi connectivity index (χ1v) is 9.39. The number of carbonyl (C=O) groups excluding carboxylic acids is 1. The second-order valence-electron chi connectivity index (χ2n) is 6.19. The van der Waals surface area contributed by atoms with Crippen LogP contribution in [-0.2, 0) is 22.7 Å². The fourth-order valence-corrected chi connectivity index (χ4v) is 3.81. The maximum absolute atomic E-state index is 11.2. The molecule has 1 aliphatic rings. The van der Waals surface area contributed by atoms with Gasteiger partial charge in [0.1, 0.15) is 17.4 Å². The molecule has 28 heavy (non-hydrogen) atoms. The number of thiazole rings is 1. The molecule has 0 atom stereocenters. The van der Waals surface area contributed by atoms with Gasteiger partial charge in [0.15, 0.2) is 0 Å². The minimum absolute atomic E-state index is 0.0483. The average Bonchev–Trinajstić information content (AvgIpc) is 3.05. The molecule has 3 rings (SSSR count). The number of carbonyl (C=O) groups is 1. The number of nitrogens with zero attached hydrogens (tertiary/aromatic N) is 2. The number of anilines is 2. The molecule has 1 amide bonds. The molecule has 0 saturated heterocycles. The minimum atomic E-state index is -0.134. The van der Waals surface area contributed by atoms with Crippen molar-refractivity contribution in [2.45, 2.75) is 26.4 Å². The lowest BCUT2D eigenvalue weighted by Crippen LogP contribution is -2.10. The third-order valence-corrected chi connectivity index (χ3v) is 5.10. The summed E-state index contributed by atoms with van der Waals surface area (Å²) in [5.41, 5.74) is 10.2. The van der Waals surface area contributed by atoms with Gasteiger partial charge >= 0.3 is 0 Å². The summed E-state index contributed by atoms with van der Waals surface area (Å²) in [4.78, 5) is 25.0. The van der Waals surface area contributed by atoms with Gasteiger partial charge in [-0.25, -0.2) is 14.9 Å². The first kappa shape index (κ1) is 19.7. The Morgan fingerprint density at radius 1 is 1.43 bits per heavy atom. The molecule has 5 N–H and O–H groups in total. The molecule has 1 aromatic heterocycles. The van der Waals surface area contributed by atoms with Crippen molar-refractivity contribution in [2.75, 3.05) is 10.6 Å². The number of aromatic nitrogens is 1. The van der Waals surface area contributed by atoms with Crippen LogP contribution in [-0.4, -0.2) is 22.4 Å². The third kappa shape index (κ3) is 4.83. The lowest BCUT2D eigenvalue weighted by atomic mass is 9.99. The van der Waals surface area contributed by atoms with Crippen LogP contribution in [0.25, 0.3) is 5.70 Å². The molecule has 1 heterocycles. The number of amides is 1. The van der Waals surface area contributed by atoms with E-state index < -0.39 is 0 Å². The zero-order valence-electron chi connectivity index (χ0n) is 15.4. The molecule has 1 aliphatic carbocycles. The molecule has 0 saturated carbocycles. The molecule has 0 bridgehead atoms. The Bertz CT molecular complexity index is 964. The molecule has 0 spiro atoms. The largest absolute Gasteiger partial charge is 0.397 e. The minimum Gasteiger partial charge on any atom is -0.397 e. The molecule has 0 radical (unpaired) electrons. The van der Waals surface area contributed by atoms with E-state index in [4.69, 9.17) is 11.0 Å². The third-order valence-electron chi connectivity index (χ3n) is 4.00. The van der Waals surface area contributed by atoms with Gasteiger partial charge in [-0.15, -0.1) is 11.3 Å². The fraction of sp³-hybridized carbons (Fsp3) is 0.211. The molecule has 2 aromatic rings. The number of aliphatic imine (C=N–C) groups is 1. The maximum Gasteiger partial charge on any atom is 0.221 e. The van der Waals surface area contributed by atoms with E-state index in [1.807, 2.05) is 12.1 Å². The normalized spacial score (nSPS) is 13.5. The quantitative estimate of drug-likeness (QED) is 0.322. The monoisotopic (exact) mass is 399 g/mol. The van der Waals surface area contributed by atoms with Crippen LogP contribution >= 0.6 is 11.3 Å². The molecule has 9 heteroatoms. The zero-order chi connectivity index (χ0) is 20.1. The molecular weight excluding hydrogens is 378 g/mol. The van der Waals surface area contributed by atoms with Crippen molar-refractivity contribution in [2.24, 2.45) is 10.7 Å². The van der Waals surface area contributed by atoms with Gasteiger partial charge in [-0.2, -0.15) is 0 Å². The number of hydrogen-bond donors (Lipinski definition) is 4. The van der Waals surface area contributed by atoms with E-state index in [2.05, 4.69) is 32.1 Å². The Hall–Kier alpha value is -3.01. The van der Waals surface area contributed by atoms with Crippen molar-refractivity contribution < 1.29 is 14.9 Å². The Kier molecular flexibility index (Phi) is 6.19. The van der Waals surface area contributed by atoms with Crippen molar-refractivity contribution in [3.63, 3.8) is 0 Å². The van der Waals surface area contributed by atoms with Crippen LogP contribution in [0.15, 0.2) is 47.2 Å². The van der Waals surface area contributed by atoms with Crippen LogP contribution in [0, 0.1) is 0 Å². The number of hydrogen-bond acceptors (Lipinski definition) is 8. The summed E-state index contributed by atoms with van der Waals surface area (Å²) < 4.78 is 0. The van der Waals surface area contributed by atoms with Crippen molar-refractivity contribution in [1.29, 1.82) is 0 Å². The van der Waals surface area contributed by atoms with Crippen LogP contribution < -0.4 is 16.4 Å². The van der Waals surface area contributed by atoms with Gasteiger partial charge in [-0.3, -0.25) is 10.1 Å². The summed E-state index contributed by atoms with van der Waals surface area (Å²) in [6.07, 6.45) is 3.17. The van der Waals surface area contributed by atoms with E-state index >= 15 is 0 Å². The predicted octanol–water partition coefficient (Wildman–Crippen LogP) is 3.36. The van der Waals surface area contributed by atoms with E-state index in [-0.39, 0.29) is 12.5 Å². The van der Waals surface area contributed by atoms with E-state index in [0.717, 1.165) is 34.7 Å². The van der Waals surface area contributed by atoms with Crippen molar-refractivity contribution >= 4 is 40.5 Å². The molecule has 1 aromatic carbocycles. The highest BCUT2D eigenvalue weighted by Crippen LogP contribution is 2.32. The molecule has 0 aliphatic heterocycles. The van der Waals surface area contributed by atoms with Gasteiger partial charge in [0.25, 0.3) is 0 Å². The Morgan fingerprint density at radius 2 is 2.18 bits per heavy atom. The first-order chi connectivity index (χ1) is 13.5. The summed E-state index contributed by atoms with van der Waals surface area (Å²) in [6, 6.07) is 7.28. The SMILES string of the molecule is C=C(N=CC1=C(N)c2sc(COO)nc2CC1)Nc1cccc(NC(C)=O)c1. The number of nitrogens with two attached hydrogens (primary N) is 1. The zero-order valence-corrected chi connectivity index (χ0v) is 16.2. The molecule has 8 nitrogen and oxygen atoms in total. The van der Waals surface area contributed by atoms with Gasteiger partial charge in [-0.05, 0) is 36.6 Å². The highest BCUT2D eigenvalue weighted by Gasteiger charge is 2.20. The fourth-order valence-electron chi connectivity index (χ4n) is 2.80. The molecule has 146 valence electrons. The summed E-state index contributed by atoms with van der Waals surface area (Å²) >= 11 is 1.40. The smallest absolute Gasteiger partial charge is 0.221 e. The van der Waals surface area contributed by atoms with Gasteiger partial charge < -0.3 is 16.4 Å².